The number of anilines is 1. The van der Waals surface area contributed by atoms with Gasteiger partial charge in [-0.25, -0.2) is 0 Å². The molecule has 1 atom stereocenters. The summed E-state index contributed by atoms with van der Waals surface area (Å²) < 4.78 is 0. The molecule has 2 aliphatic heterocycles. The number of likely N-dealkylation sites (tertiary alicyclic amines) is 1. The predicted molar refractivity (Wildman–Crippen MR) is 76.8 cm³/mol. The van der Waals surface area contributed by atoms with Crippen LogP contribution in [0.5, 0.6) is 0 Å². The number of carbonyl (C=O) groups excluding carboxylic acids is 2. The molecule has 2 N–H and O–H groups in total. The summed E-state index contributed by atoms with van der Waals surface area (Å²) in [4.78, 5) is 25.9. The van der Waals surface area contributed by atoms with Crippen LogP contribution >= 0.6 is 0 Å². The molecular weight excluding hydrogens is 254 g/mol. The summed E-state index contributed by atoms with van der Waals surface area (Å²) in [5, 5.41) is 6.16. The highest BCUT2D eigenvalue weighted by atomic mass is 16.2. The van der Waals surface area contributed by atoms with E-state index >= 15 is 0 Å². The standard InChI is InChI=1S/C15H19N3O2/c1-18-9-7-12(15(18)20)17-14(19)11-6-2-4-10-5-3-8-16-13(10)11/h2,4,6,12,16H,3,5,7-9H2,1H3,(H,17,19). The monoisotopic (exact) mass is 273 g/mol. The summed E-state index contributed by atoms with van der Waals surface area (Å²) in [7, 11) is 1.76. The fourth-order valence-electron chi connectivity index (χ4n) is 2.89. The highest BCUT2D eigenvalue weighted by molar-refractivity contribution is 6.02. The van der Waals surface area contributed by atoms with E-state index in [1.165, 1.54) is 5.56 Å². The Morgan fingerprint density at radius 1 is 1.45 bits per heavy atom. The molecule has 0 aromatic heterocycles. The number of hydrogen-bond donors (Lipinski definition) is 2. The molecule has 2 heterocycles. The van der Waals surface area contributed by atoms with Crippen LogP contribution < -0.4 is 10.6 Å². The Morgan fingerprint density at radius 2 is 2.30 bits per heavy atom. The summed E-state index contributed by atoms with van der Waals surface area (Å²) in [6, 6.07) is 5.39. The molecule has 5 nitrogen and oxygen atoms in total. The third kappa shape index (κ3) is 2.24. The molecule has 0 saturated carbocycles. The predicted octanol–water partition coefficient (Wildman–Crippen LogP) is 1.01. The Balaban J connectivity index is 1.79. The Kier molecular flexibility index (Phi) is 3.34. The number of aryl methyl sites for hydroxylation is 1. The van der Waals surface area contributed by atoms with Crippen LogP contribution in [-0.2, 0) is 11.2 Å². The largest absolute Gasteiger partial charge is 0.384 e. The fourth-order valence-corrected chi connectivity index (χ4v) is 2.89. The summed E-state index contributed by atoms with van der Waals surface area (Å²) in [5.41, 5.74) is 2.75. The quantitative estimate of drug-likeness (QED) is 0.845. The average Bonchev–Trinajstić information content (AvgIpc) is 2.78. The minimum Gasteiger partial charge on any atom is -0.384 e. The summed E-state index contributed by atoms with van der Waals surface area (Å²) in [6.07, 6.45) is 2.77. The zero-order valence-corrected chi connectivity index (χ0v) is 11.6. The van der Waals surface area contributed by atoms with Crippen molar-refractivity contribution in [3.63, 3.8) is 0 Å². The van der Waals surface area contributed by atoms with Gasteiger partial charge in [0.15, 0.2) is 0 Å². The van der Waals surface area contributed by atoms with Crippen LogP contribution in [0.1, 0.15) is 28.8 Å². The molecule has 1 aromatic carbocycles. The molecule has 1 aromatic rings. The van der Waals surface area contributed by atoms with E-state index in [9.17, 15) is 9.59 Å². The number of fused-ring (bicyclic) bond motifs is 1. The van der Waals surface area contributed by atoms with Crippen LogP contribution in [-0.4, -0.2) is 42.9 Å². The summed E-state index contributed by atoms with van der Waals surface area (Å²) in [5.74, 6) is -0.166. The van der Waals surface area contributed by atoms with Gasteiger partial charge in [0, 0.05) is 20.1 Å². The van der Waals surface area contributed by atoms with Gasteiger partial charge in [0.05, 0.1) is 11.3 Å². The molecular formula is C15H19N3O2. The number of rotatable bonds is 2. The molecule has 0 spiro atoms. The van der Waals surface area contributed by atoms with Crippen LogP contribution in [0.2, 0.25) is 0 Å². The molecule has 20 heavy (non-hydrogen) atoms. The first-order valence-electron chi connectivity index (χ1n) is 7.08. The van der Waals surface area contributed by atoms with Crippen molar-refractivity contribution < 1.29 is 9.59 Å². The Hall–Kier alpha value is -2.04. The summed E-state index contributed by atoms with van der Waals surface area (Å²) >= 11 is 0. The zero-order chi connectivity index (χ0) is 14.1. The number of likely N-dealkylation sites (N-methyl/N-ethyl adjacent to an activating group) is 1. The molecule has 3 rings (SSSR count). The van der Waals surface area contributed by atoms with Crippen molar-refractivity contribution in [1.29, 1.82) is 0 Å². The second-order valence-corrected chi connectivity index (χ2v) is 5.44. The van der Waals surface area contributed by atoms with Crippen molar-refractivity contribution in [2.75, 3.05) is 25.5 Å². The van der Waals surface area contributed by atoms with Crippen molar-refractivity contribution >= 4 is 17.5 Å². The molecule has 0 bridgehead atoms. The van der Waals surface area contributed by atoms with E-state index in [1.807, 2.05) is 18.2 Å². The molecule has 0 aliphatic carbocycles. The number of hydrogen-bond acceptors (Lipinski definition) is 3. The van der Waals surface area contributed by atoms with Crippen molar-refractivity contribution in [3.8, 4) is 0 Å². The lowest BCUT2D eigenvalue weighted by atomic mass is 9.99. The van der Waals surface area contributed by atoms with Crippen LogP contribution in [0, 0.1) is 0 Å². The first kappa shape index (κ1) is 13.0. The molecule has 2 aliphatic rings. The van der Waals surface area contributed by atoms with Crippen molar-refractivity contribution in [2.45, 2.75) is 25.3 Å². The number of para-hydroxylation sites is 1. The zero-order valence-electron chi connectivity index (χ0n) is 11.6. The molecule has 5 heteroatoms. The van der Waals surface area contributed by atoms with Crippen LogP contribution in [0.25, 0.3) is 0 Å². The lowest BCUT2D eigenvalue weighted by Gasteiger charge is -2.21. The topological polar surface area (TPSA) is 61.4 Å². The van der Waals surface area contributed by atoms with Crippen LogP contribution in [0.4, 0.5) is 5.69 Å². The van der Waals surface area contributed by atoms with Gasteiger partial charge in [-0.1, -0.05) is 12.1 Å². The van der Waals surface area contributed by atoms with Crippen LogP contribution in [0.3, 0.4) is 0 Å². The second kappa shape index (κ2) is 5.15. The minimum absolute atomic E-state index is 0.00360. The maximum Gasteiger partial charge on any atom is 0.254 e. The second-order valence-electron chi connectivity index (χ2n) is 5.44. The smallest absolute Gasteiger partial charge is 0.254 e. The lowest BCUT2D eigenvalue weighted by molar-refractivity contribution is -0.128. The first-order valence-corrected chi connectivity index (χ1v) is 7.08. The number of nitrogens with zero attached hydrogens (tertiary/aromatic N) is 1. The normalized spacial score (nSPS) is 21.4. The molecule has 1 fully saturated rings. The van der Waals surface area contributed by atoms with Crippen molar-refractivity contribution in [3.05, 3.63) is 29.3 Å². The van der Waals surface area contributed by atoms with Crippen molar-refractivity contribution in [2.24, 2.45) is 0 Å². The first-order chi connectivity index (χ1) is 9.66. The van der Waals surface area contributed by atoms with Crippen LogP contribution in [0.15, 0.2) is 18.2 Å². The number of amides is 2. The average molecular weight is 273 g/mol. The van der Waals surface area contributed by atoms with Gasteiger partial charge in [0.1, 0.15) is 6.04 Å². The lowest BCUT2D eigenvalue weighted by Crippen LogP contribution is -2.40. The maximum absolute atomic E-state index is 12.4. The van der Waals surface area contributed by atoms with Crippen molar-refractivity contribution in [1.82, 2.24) is 10.2 Å². The Bertz CT molecular complexity index is 556. The Labute approximate surface area is 118 Å². The van der Waals surface area contributed by atoms with Gasteiger partial charge in [0.2, 0.25) is 5.91 Å². The molecule has 0 radical (unpaired) electrons. The number of nitrogens with one attached hydrogen (secondary N) is 2. The number of benzene rings is 1. The van der Waals surface area contributed by atoms with Gasteiger partial charge in [-0.05, 0) is 30.9 Å². The van der Waals surface area contributed by atoms with Gasteiger partial charge in [-0.15, -0.1) is 0 Å². The van der Waals surface area contributed by atoms with Gasteiger partial charge >= 0.3 is 0 Å². The minimum atomic E-state index is -0.382. The number of carbonyl (C=O) groups is 2. The highest BCUT2D eigenvalue weighted by Gasteiger charge is 2.31. The van der Waals surface area contributed by atoms with Gasteiger partial charge in [0.25, 0.3) is 5.91 Å². The fraction of sp³-hybridized carbons (Fsp3) is 0.467. The van der Waals surface area contributed by atoms with Gasteiger partial charge in [-0.2, -0.15) is 0 Å². The SMILES string of the molecule is CN1CCC(NC(=O)c2cccc3c2NCCC3)C1=O. The van der Waals surface area contributed by atoms with E-state index in [-0.39, 0.29) is 17.9 Å². The van der Waals surface area contributed by atoms with E-state index in [4.69, 9.17) is 0 Å². The third-order valence-electron chi connectivity index (χ3n) is 4.05. The van der Waals surface area contributed by atoms with E-state index in [0.717, 1.165) is 25.1 Å². The molecule has 106 valence electrons. The third-order valence-corrected chi connectivity index (χ3v) is 4.05. The van der Waals surface area contributed by atoms with E-state index in [1.54, 1.807) is 11.9 Å². The molecule has 2 amide bonds. The summed E-state index contributed by atoms with van der Waals surface area (Å²) in [6.45, 7) is 1.59. The van der Waals surface area contributed by atoms with Gasteiger partial charge < -0.3 is 15.5 Å². The Morgan fingerprint density at radius 3 is 3.05 bits per heavy atom. The highest BCUT2D eigenvalue weighted by Crippen LogP contribution is 2.26. The van der Waals surface area contributed by atoms with E-state index in [2.05, 4.69) is 10.6 Å². The maximum atomic E-state index is 12.4. The molecule has 1 saturated heterocycles. The molecule has 1 unspecified atom stereocenters. The van der Waals surface area contributed by atoms with E-state index in [0.29, 0.717) is 18.5 Å². The van der Waals surface area contributed by atoms with E-state index < -0.39 is 0 Å². The van der Waals surface area contributed by atoms with Gasteiger partial charge in [-0.3, -0.25) is 9.59 Å².